The van der Waals surface area contributed by atoms with Gasteiger partial charge in [0, 0.05) is 10.9 Å². The van der Waals surface area contributed by atoms with Crippen LogP contribution in [0.3, 0.4) is 0 Å². The van der Waals surface area contributed by atoms with Crippen LogP contribution in [0.5, 0.6) is 11.5 Å². The second kappa shape index (κ2) is 5.57. The van der Waals surface area contributed by atoms with Gasteiger partial charge in [0.15, 0.2) is 5.82 Å². The molecule has 0 radical (unpaired) electrons. The summed E-state index contributed by atoms with van der Waals surface area (Å²) in [5, 5.41) is 23.1. The molecule has 0 aliphatic rings. The Morgan fingerprint density at radius 2 is 1.81 bits per heavy atom. The fourth-order valence-electron chi connectivity index (χ4n) is 1.92. The monoisotopic (exact) mass is 346 g/mol. The van der Waals surface area contributed by atoms with Gasteiger partial charge in [0.1, 0.15) is 11.5 Å². The molecule has 1 aromatic heterocycles. The summed E-state index contributed by atoms with van der Waals surface area (Å²) < 4.78 is 6.15. The fraction of sp³-hybridized carbons (Fsp3) is 0.0667. The van der Waals surface area contributed by atoms with Crippen molar-refractivity contribution in [2.75, 3.05) is 0 Å². The van der Waals surface area contributed by atoms with Gasteiger partial charge >= 0.3 is 0 Å². The van der Waals surface area contributed by atoms with Crippen LogP contribution in [0.15, 0.2) is 51.5 Å². The van der Waals surface area contributed by atoms with E-state index in [-0.39, 0.29) is 17.4 Å². The molecule has 3 aromatic rings. The molecule has 0 spiro atoms. The van der Waals surface area contributed by atoms with Crippen molar-refractivity contribution >= 4 is 15.9 Å². The van der Waals surface area contributed by atoms with E-state index in [0.29, 0.717) is 17.8 Å². The SMILES string of the molecule is Oc1ccc(O)c(-c2nc(Cc3ccc(Br)cc3)no2)c1. The maximum Gasteiger partial charge on any atom is 0.261 e. The predicted octanol–water partition coefficient (Wildman–Crippen LogP) is 3.50. The van der Waals surface area contributed by atoms with Crippen LogP contribution in [0.25, 0.3) is 11.5 Å². The van der Waals surface area contributed by atoms with Crippen molar-refractivity contribution < 1.29 is 14.7 Å². The van der Waals surface area contributed by atoms with Gasteiger partial charge in [-0.15, -0.1) is 0 Å². The minimum Gasteiger partial charge on any atom is -0.508 e. The van der Waals surface area contributed by atoms with Crippen molar-refractivity contribution in [2.24, 2.45) is 0 Å². The minimum atomic E-state index is -0.0216. The van der Waals surface area contributed by atoms with E-state index < -0.39 is 0 Å². The standard InChI is InChI=1S/C15H11BrN2O3/c16-10-3-1-9(2-4-10)7-14-17-15(21-18-14)12-8-11(19)5-6-13(12)20/h1-6,8,19-20H,7H2. The molecule has 0 bridgehead atoms. The second-order valence-electron chi connectivity index (χ2n) is 4.52. The Morgan fingerprint density at radius 1 is 1.05 bits per heavy atom. The highest BCUT2D eigenvalue weighted by Crippen LogP contribution is 2.31. The van der Waals surface area contributed by atoms with Crippen LogP contribution in [-0.4, -0.2) is 20.4 Å². The Labute approximate surface area is 129 Å². The lowest BCUT2D eigenvalue weighted by Gasteiger charge is -1.99. The molecular formula is C15H11BrN2O3. The lowest BCUT2D eigenvalue weighted by Crippen LogP contribution is -1.90. The molecule has 106 valence electrons. The molecule has 2 aromatic carbocycles. The van der Waals surface area contributed by atoms with Crippen molar-refractivity contribution in [3.63, 3.8) is 0 Å². The summed E-state index contributed by atoms with van der Waals surface area (Å²) in [4.78, 5) is 4.24. The fourth-order valence-corrected chi connectivity index (χ4v) is 2.18. The van der Waals surface area contributed by atoms with Crippen LogP contribution in [0.2, 0.25) is 0 Å². The second-order valence-corrected chi connectivity index (χ2v) is 5.44. The molecule has 2 N–H and O–H groups in total. The first-order chi connectivity index (χ1) is 10.1. The first-order valence-corrected chi connectivity index (χ1v) is 7.00. The average molecular weight is 347 g/mol. The molecule has 0 unspecified atom stereocenters. The van der Waals surface area contributed by atoms with Crippen LogP contribution >= 0.6 is 15.9 Å². The Morgan fingerprint density at radius 3 is 2.57 bits per heavy atom. The zero-order chi connectivity index (χ0) is 14.8. The maximum atomic E-state index is 9.77. The number of hydrogen-bond donors (Lipinski definition) is 2. The Balaban J connectivity index is 1.86. The molecular weight excluding hydrogens is 336 g/mol. The highest BCUT2D eigenvalue weighted by atomic mass is 79.9. The highest BCUT2D eigenvalue weighted by molar-refractivity contribution is 9.10. The summed E-state index contributed by atoms with van der Waals surface area (Å²) in [5.41, 5.74) is 1.36. The normalized spacial score (nSPS) is 10.7. The smallest absolute Gasteiger partial charge is 0.261 e. The topological polar surface area (TPSA) is 79.4 Å². The van der Waals surface area contributed by atoms with Gasteiger partial charge in [-0.05, 0) is 35.9 Å². The number of nitrogens with zero attached hydrogens (tertiary/aromatic N) is 2. The van der Waals surface area contributed by atoms with Gasteiger partial charge in [-0.2, -0.15) is 4.98 Å². The largest absolute Gasteiger partial charge is 0.508 e. The Hall–Kier alpha value is -2.34. The molecule has 0 saturated heterocycles. The van der Waals surface area contributed by atoms with Gasteiger partial charge in [0.05, 0.1) is 5.56 Å². The third-order valence-electron chi connectivity index (χ3n) is 2.95. The Bertz CT molecular complexity index is 769. The number of halogens is 1. The van der Waals surface area contributed by atoms with Crippen molar-refractivity contribution in [3.8, 4) is 23.0 Å². The molecule has 3 rings (SSSR count). The van der Waals surface area contributed by atoms with E-state index in [9.17, 15) is 10.2 Å². The first kappa shape index (κ1) is 13.6. The first-order valence-electron chi connectivity index (χ1n) is 6.21. The van der Waals surface area contributed by atoms with E-state index in [0.717, 1.165) is 10.0 Å². The number of benzene rings is 2. The van der Waals surface area contributed by atoms with E-state index in [2.05, 4.69) is 26.1 Å². The summed E-state index contributed by atoms with van der Waals surface area (Å²) >= 11 is 3.38. The molecule has 5 nitrogen and oxygen atoms in total. The zero-order valence-electron chi connectivity index (χ0n) is 10.8. The maximum absolute atomic E-state index is 9.77. The molecule has 0 aliphatic heterocycles. The van der Waals surface area contributed by atoms with Crippen molar-refractivity contribution in [3.05, 3.63) is 58.3 Å². The van der Waals surface area contributed by atoms with Crippen LogP contribution in [-0.2, 0) is 6.42 Å². The summed E-state index contributed by atoms with van der Waals surface area (Å²) in [7, 11) is 0. The van der Waals surface area contributed by atoms with Crippen molar-refractivity contribution in [2.45, 2.75) is 6.42 Å². The van der Waals surface area contributed by atoms with Crippen molar-refractivity contribution in [1.29, 1.82) is 0 Å². The van der Waals surface area contributed by atoms with E-state index in [1.807, 2.05) is 24.3 Å². The average Bonchev–Trinajstić information content (AvgIpc) is 2.92. The lowest BCUT2D eigenvalue weighted by atomic mass is 10.1. The van der Waals surface area contributed by atoms with E-state index in [4.69, 9.17) is 4.52 Å². The number of aromatic nitrogens is 2. The summed E-state index contributed by atoms with van der Waals surface area (Å²) in [6.45, 7) is 0. The van der Waals surface area contributed by atoms with Gasteiger partial charge in [-0.3, -0.25) is 0 Å². The van der Waals surface area contributed by atoms with Crippen LogP contribution in [0.1, 0.15) is 11.4 Å². The Kier molecular flexibility index (Phi) is 3.62. The van der Waals surface area contributed by atoms with Gasteiger partial charge < -0.3 is 14.7 Å². The summed E-state index contributed by atoms with van der Waals surface area (Å²) in [6, 6.07) is 12.0. The van der Waals surface area contributed by atoms with Gasteiger partial charge in [0.25, 0.3) is 5.89 Å². The van der Waals surface area contributed by atoms with Crippen LogP contribution < -0.4 is 0 Å². The predicted molar refractivity (Wildman–Crippen MR) is 80.0 cm³/mol. The number of phenolic OH excluding ortho intramolecular Hbond substituents is 2. The third-order valence-corrected chi connectivity index (χ3v) is 3.48. The third kappa shape index (κ3) is 3.05. The zero-order valence-corrected chi connectivity index (χ0v) is 12.4. The molecule has 0 fully saturated rings. The van der Waals surface area contributed by atoms with Gasteiger partial charge in [0.2, 0.25) is 0 Å². The number of rotatable bonds is 3. The molecule has 21 heavy (non-hydrogen) atoms. The van der Waals surface area contributed by atoms with E-state index in [1.165, 1.54) is 18.2 Å². The molecule has 0 atom stereocenters. The number of aromatic hydroxyl groups is 2. The minimum absolute atomic E-state index is 0.0216. The summed E-state index contributed by atoms with van der Waals surface area (Å²) in [5.74, 6) is 0.688. The van der Waals surface area contributed by atoms with Gasteiger partial charge in [-0.25, -0.2) is 0 Å². The molecule has 0 aliphatic carbocycles. The van der Waals surface area contributed by atoms with Crippen molar-refractivity contribution in [1.82, 2.24) is 10.1 Å². The van der Waals surface area contributed by atoms with E-state index >= 15 is 0 Å². The highest BCUT2D eigenvalue weighted by Gasteiger charge is 2.14. The molecule has 1 heterocycles. The quantitative estimate of drug-likeness (QED) is 0.709. The lowest BCUT2D eigenvalue weighted by molar-refractivity contribution is 0.417. The molecule has 0 saturated carbocycles. The molecule has 0 amide bonds. The van der Waals surface area contributed by atoms with Crippen LogP contribution in [0.4, 0.5) is 0 Å². The van der Waals surface area contributed by atoms with E-state index in [1.54, 1.807) is 0 Å². The number of phenols is 2. The van der Waals surface area contributed by atoms with Crippen LogP contribution in [0, 0.1) is 0 Å². The van der Waals surface area contributed by atoms with Gasteiger partial charge in [-0.1, -0.05) is 33.2 Å². The molecule has 6 heteroatoms. The number of hydrogen-bond acceptors (Lipinski definition) is 5. The summed E-state index contributed by atoms with van der Waals surface area (Å²) in [6.07, 6.45) is 0.524.